The zero-order valence-corrected chi connectivity index (χ0v) is 10.5. The monoisotopic (exact) mass is 208 g/mol. The van der Waals surface area contributed by atoms with Gasteiger partial charge in [-0.3, -0.25) is 0 Å². The molecule has 1 aliphatic carbocycles. The molecule has 0 spiro atoms. The highest BCUT2D eigenvalue weighted by atomic mass is 16.3. The van der Waals surface area contributed by atoms with Crippen LogP contribution in [0, 0.1) is 5.41 Å². The molecule has 1 nitrogen and oxygen atoms in total. The summed E-state index contributed by atoms with van der Waals surface area (Å²) in [5.41, 5.74) is 1.04. The highest BCUT2D eigenvalue weighted by Crippen LogP contribution is 2.36. The maximum atomic E-state index is 10.3. The highest BCUT2D eigenvalue weighted by Gasteiger charge is 2.30. The van der Waals surface area contributed by atoms with E-state index in [2.05, 4.69) is 39.8 Å². The summed E-state index contributed by atoms with van der Waals surface area (Å²) in [4.78, 5) is 0. The largest absolute Gasteiger partial charge is 0.386 e. The molecular formula is C14H24O. The van der Waals surface area contributed by atoms with E-state index in [9.17, 15) is 5.11 Å². The molecule has 0 saturated carbocycles. The van der Waals surface area contributed by atoms with E-state index in [1.165, 1.54) is 5.57 Å². The lowest BCUT2D eigenvalue weighted by Crippen LogP contribution is -2.32. The first-order valence-corrected chi connectivity index (χ1v) is 5.89. The Kier molecular flexibility index (Phi) is 3.77. The molecule has 1 atom stereocenters. The van der Waals surface area contributed by atoms with E-state index >= 15 is 0 Å². The van der Waals surface area contributed by atoms with Crippen LogP contribution in [0.2, 0.25) is 0 Å². The lowest BCUT2D eigenvalue weighted by atomic mass is 9.75. The Bertz CT molecular complexity index is 269. The average Bonchev–Trinajstić information content (AvgIpc) is 2.11. The third-order valence-corrected chi connectivity index (χ3v) is 3.18. The number of rotatable bonds is 3. The van der Waals surface area contributed by atoms with Crippen LogP contribution in [0.25, 0.3) is 0 Å². The molecule has 1 rings (SSSR count). The topological polar surface area (TPSA) is 20.2 Å². The molecule has 1 unspecified atom stereocenters. The first-order chi connectivity index (χ1) is 6.83. The highest BCUT2D eigenvalue weighted by molar-refractivity contribution is 5.11. The van der Waals surface area contributed by atoms with Gasteiger partial charge in [-0.15, -0.1) is 0 Å². The van der Waals surface area contributed by atoms with Gasteiger partial charge in [-0.05, 0) is 44.9 Å². The van der Waals surface area contributed by atoms with Crippen molar-refractivity contribution in [3.8, 4) is 0 Å². The van der Waals surface area contributed by atoms with Gasteiger partial charge in [0.25, 0.3) is 0 Å². The number of hydrogen-bond donors (Lipinski definition) is 1. The van der Waals surface area contributed by atoms with Gasteiger partial charge >= 0.3 is 0 Å². The van der Waals surface area contributed by atoms with Crippen molar-refractivity contribution in [2.75, 3.05) is 0 Å². The van der Waals surface area contributed by atoms with Gasteiger partial charge in [0, 0.05) is 0 Å². The Balaban J connectivity index is 2.52. The van der Waals surface area contributed by atoms with Crippen molar-refractivity contribution in [2.45, 2.75) is 59.0 Å². The molecule has 0 amide bonds. The molecule has 0 aliphatic heterocycles. The summed E-state index contributed by atoms with van der Waals surface area (Å²) in [6, 6.07) is 0. The van der Waals surface area contributed by atoms with E-state index < -0.39 is 5.60 Å². The van der Waals surface area contributed by atoms with Crippen molar-refractivity contribution < 1.29 is 5.11 Å². The van der Waals surface area contributed by atoms with Crippen molar-refractivity contribution in [3.05, 3.63) is 23.8 Å². The molecule has 0 aromatic rings. The maximum Gasteiger partial charge on any atom is 0.0831 e. The average molecular weight is 208 g/mol. The molecule has 1 heteroatoms. The number of hydrogen-bond acceptors (Lipinski definition) is 1. The van der Waals surface area contributed by atoms with Gasteiger partial charge in [0.15, 0.2) is 0 Å². The van der Waals surface area contributed by atoms with Gasteiger partial charge in [0.2, 0.25) is 0 Å². The van der Waals surface area contributed by atoms with E-state index in [4.69, 9.17) is 0 Å². The third kappa shape index (κ3) is 4.21. The summed E-state index contributed by atoms with van der Waals surface area (Å²) < 4.78 is 0. The maximum absolute atomic E-state index is 10.3. The Morgan fingerprint density at radius 3 is 2.40 bits per heavy atom. The number of aliphatic hydroxyl groups is 1. The van der Waals surface area contributed by atoms with Gasteiger partial charge in [0.1, 0.15) is 0 Å². The molecule has 1 N–H and O–H groups in total. The van der Waals surface area contributed by atoms with E-state index in [0.717, 1.165) is 25.7 Å². The Hall–Kier alpha value is -0.560. The Morgan fingerprint density at radius 1 is 1.27 bits per heavy atom. The van der Waals surface area contributed by atoms with Crippen molar-refractivity contribution >= 4 is 0 Å². The molecule has 0 heterocycles. The first kappa shape index (κ1) is 12.5. The van der Waals surface area contributed by atoms with Crippen LogP contribution in [0.15, 0.2) is 23.8 Å². The molecular weight excluding hydrogens is 184 g/mol. The van der Waals surface area contributed by atoms with E-state index in [1.807, 2.05) is 6.08 Å². The molecule has 0 fully saturated rings. The van der Waals surface area contributed by atoms with E-state index in [1.54, 1.807) is 0 Å². The summed E-state index contributed by atoms with van der Waals surface area (Å²) in [6.45, 7) is 8.64. The van der Waals surface area contributed by atoms with Gasteiger partial charge < -0.3 is 5.11 Å². The zero-order valence-electron chi connectivity index (χ0n) is 10.5. The van der Waals surface area contributed by atoms with Crippen LogP contribution < -0.4 is 0 Å². The second-order valence-electron chi connectivity index (χ2n) is 5.75. The lowest BCUT2D eigenvalue weighted by Gasteiger charge is -2.34. The van der Waals surface area contributed by atoms with E-state index in [-0.39, 0.29) is 5.41 Å². The van der Waals surface area contributed by atoms with Crippen LogP contribution in [0.3, 0.4) is 0 Å². The van der Waals surface area contributed by atoms with Crippen LogP contribution >= 0.6 is 0 Å². The molecule has 0 aromatic carbocycles. The molecule has 1 aliphatic rings. The zero-order chi connectivity index (χ0) is 11.5. The van der Waals surface area contributed by atoms with Crippen LogP contribution in [-0.4, -0.2) is 10.7 Å². The first-order valence-electron chi connectivity index (χ1n) is 5.89. The SMILES string of the molecule is CC(C)=CCCC1(O)C=CC(C)(C)CC1. The molecule has 0 aromatic heterocycles. The fraction of sp³-hybridized carbons (Fsp3) is 0.714. The van der Waals surface area contributed by atoms with Crippen molar-refractivity contribution in [1.29, 1.82) is 0 Å². The summed E-state index contributed by atoms with van der Waals surface area (Å²) in [7, 11) is 0. The molecule has 0 bridgehead atoms. The lowest BCUT2D eigenvalue weighted by molar-refractivity contribution is 0.0532. The van der Waals surface area contributed by atoms with Crippen LogP contribution in [-0.2, 0) is 0 Å². The Labute approximate surface area is 93.9 Å². The molecule has 0 saturated heterocycles. The second kappa shape index (κ2) is 4.52. The normalized spacial score (nSPS) is 28.9. The van der Waals surface area contributed by atoms with Crippen molar-refractivity contribution in [2.24, 2.45) is 5.41 Å². The molecule has 86 valence electrons. The Morgan fingerprint density at radius 2 is 1.93 bits per heavy atom. The standard InChI is InChI=1S/C14H24O/c1-12(2)6-5-7-14(15)10-8-13(3,4)9-11-14/h6,8,10,15H,5,7,9,11H2,1-4H3. The summed E-state index contributed by atoms with van der Waals surface area (Å²) in [5, 5.41) is 10.3. The fourth-order valence-corrected chi connectivity index (χ4v) is 1.91. The minimum Gasteiger partial charge on any atom is -0.386 e. The minimum absolute atomic E-state index is 0.267. The number of allylic oxidation sites excluding steroid dienone is 3. The minimum atomic E-state index is -0.554. The smallest absolute Gasteiger partial charge is 0.0831 e. The van der Waals surface area contributed by atoms with Crippen molar-refractivity contribution in [3.63, 3.8) is 0 Å². The van der Waals surface area contributed by atoms with Crippen LogP contribution in [0.1, 0.15) is 53.4 Å². The van der Waals surface area contributed by atoms with Crippen LogP contribution in [0.4, 0.5) is 0 Å². The fourth-order valence-electron chi connectivity index (χ4n) is 1.91. The van der Waals surface area contributed by atoms with E-state index in [0.29, 0.717) is 0 Å². The summed E-state index contributed by atoms with van der Waals surface area (Å²) in [6.07, 6.45) is 10.2. The molecule has 0 radical (unpaired) electrons. The van der Waals surface area contributed by atoms with Crippen LogP contribution in [0.5, 0.6) is 0 Å². The van der Waals surface area contributed by atoms with Gasteiger partial charge in [0.05, 0.1) is 5.60 Å². The molecule has 15 heavy (non-hydrogen) atoms. The second-order valence-corrected chi connectivity index (χ2v) is 5.75. The summed E-state index contributed by atoms with van der Waals surface area (Å²) >= 11 is 0. The van der Waals surface area contributed by atoms with Gasteiger partial charge in [-0.1, -0.05) is 37.6 Å². The quantitative estimate of drug-likeness (QED) is 0.699. The van der Waals surface area contributed by atoms with Gasteiger partial charge in [-0.2, -0.15) is 0 Å². The predicted octanol–water partition coefficient (Wildman–Crippen LogP) is 3.84. The van der Waals surface area contributed by atoms with Gasteiger partial charge in [-0.25, -0.2) is 0 Å². The predicted molar refractivity (Wildman–Crippen MR) is 65.8 cm³/mol. The third-order valence-electron chi connectivity index (χ3n) is 3.18. The van der Waals surface area contributed by atoms with Crippen molar-refractivity contribution in [1.82, 2.24) is 0 Å². The summed E-state index contributed by atoms with van der Waals surface area (Å²) in [5.74, 6) is 0.